The van der Waals surface area contributed by atoms with Crippen molar-refractivity contribution in [2.75, 3.05) is 0 Å². The first kappa shape index (κ1) is 23.2. The number of benzene rings is 1. The lowest BCUT2D eigenvalue weighted by Crippen LogP contribution is -2.47. The van der Waals surface area contributed by atoms with Crippen LogP contribution in [0.5, 0.6) is 0 Å². The molecule has 8 heteroatoms. The van der Waals surface area contributed by atoms with Gasteiger partial charge in [-0.15, -0.1) is 0 Å². The third-order valence-electron chi connectivity index (χ3n) is 4.00. The predicted molar refractivity (Wildman–Crippen MR) is 108 cm³/mol. The Hall–Kier alpha value is -3.13. The highest BCUT2D eigenvalue weighted by Gasteiger charge is 2.33. The molecule has 0 aliphatic heterocycles. The standard InChI is InChI=1S/C22H27NO7/c1-14(19(25)30-22(2,3)4)29-20(26)16-11-8-12-17(24)18(16)23-21(27)28-13-15-9-6-5-7-10-15/h5-12,14,17-18,24H,13H2,1-4H3,(H,23,27)/t14-,17+,18+/m0/s1. The van der Waals surface area contributed by atoms with E-state index < -0.39 is 41.9 Å². The molecule has 1 aromatic carbocycles. The van der Waals surface area contributed by atoms with Crippen molar-refractivity contribution >= 4 is 18.0 Å². The van der Waals surface area contributed by atoms with Crippen molar-refractivity contribution < 1.29 is 33.7 Å². The number of alkyl carbamates (subject to hydrolysis) is 1. The number of carbonyl (C=O) groups is 3. The zero-order valence-corrected chi connectivity index (χ0v) is 17.5. The number of aliphatic hydroxyl groups excluding tert-OH is 1. The van der Waals surface area contributed by atoms with E-state index in [4.69, 9.17) is 14.2 Å². The van der Waals surface area contributed by atoms with Gasteiger partial charge in [-0.1, -0.05) is 42.5 Å². The number of aliphatic hydroxyl groups is 1. The van der Waals surface area contributed by atoms with Crippen LogP contribution in [0.2, 0.25) is 0 Å². The van der Waals surface area contributed by atoms with E-state index in [2.05, 4.69) is 5.32 Å². The fraction of sp³-hybridized carbons (Fsp3) is 0.409. The van der Waals surface area contributed by atoms with Crippen LogP contribution in [0.4, 0.5) is 4.79 Å². The van der Waals surface area contributed by atoms with Crippen molar-refractivity contribution in [3.8, 4) is 0 Å². The van der Waals surface area contributed by atoms with Crippen LogP contribution in [0.15, 0.2) is 54.1 Å². The molecular weight excluding hydrogens is 390 g/mol. The molecule has 3 atom stereocenters. The fourth-order valence-corrected chi connectivity index (χ4v) is 2.58. The van der Waals surface area contributed by atoms with E-state index in [-0.39, 0.29) is 12.2 Å². The number of esters is 2. The molecule has 2 N–H and O–H groups in total. The molecule has 0 unspecified atom stereocenters. The van der Waals surface area contributed by atoms with E-state index in [0.717, 1.165) is 5.56 Å². The van der Waals surface area contributed by atoms with Crippen molar-refractivity contribution in [3.63, 3.8) is 0 Å². The number of hydrogen-bond donors (Lipinski definition) is 2. The monoisotopic (exact) mass is 417 g/mol. The van der Waals surface area contributed by atoms with Crippen LogP contribution in [0.25, 0.3) is 0 Å². The van der Waals surface area contributed by atoms with Gasteiger partial charge < -0.3 is 24.6 Å². The summed E-state index contributed by atoms with van der Waals surface area (Å²) in [7, 11) is 0. The van der Waals surface area contributed by atoms with Crippen LogP contribution < -0.4 is 5.32 Å². The van der Waals surface area contributed by atoms with Gasteiger partial charge in [-0.05, 0) is 39.3 Å². The number of carbonyl (C=O) groups excluding carboxylic acids is 3. The minimum absolute atomic E-state index is 0.0166. The summed E-state index contributed by atoms with van der Waals surface area (Å²) in [5, 5.41) is 12.7. The maximum atomic E-state index is 12.6. The Labute approximate surface area is 175 Å². The first-order valence-corrected chi connectivity index (χ1v) is 9.54. The molecule has 0 bridgehead atoms. The smallest absolute Gasteiger partial charge is 0.408 e. The molecule has 1 aliphatic rings. The van der Waals surface area contributed by atoms with Gasteiger partial charge in [0.2, 0.25) is 0 Å². The number of nitrogens with one attached hydrogen (secondary N) is 1. The van der Waals surface area contributed by atoms with Crippen molar-refractivity contribution in [1.29, 1.82) is 0 Å². The fourth-order valence-electron chi connectivity index (χ4n) is 2.58. The summed E-state index contributed by atoms with van der Waals surface area (Å²) in [4.78, 5) is 36.8. The first-order valence-electron chi connectivity index (χ1n) is 9.54. The van der Waals surface area contributed by atoms with Crippen LogP contribution >= 0.6 is 0 Å². The second-order valence-corrected chi connectivity index (χ2v) is 7.76. The van der Waals surface area contributed by atoms with Crippen molar-refractivity contribution in [2.24, 2.45) is 0 Å². The molecule has 0 radical (unpaired) electrons. The minimum Gasteiger partial charge on any atom is -0.457 e. The zero-order chi connectivity index (χ0) is 22.3. The SMILES string of the molecule is C[C@H](OC(=O)C1=CC=C[C@@H](O)[C@@H]1NC(=O)OCc1ccccc1)C(=O)OC(C)(C)C. The average Bonchev–Trinajstić information content (AvgIpc) is 2.67. The van der Waals surface area contributed by atoms with Gasteiger partial charge in [0.05, 0.1) is 17.7 Å². The van der Waals surface area contributed by atoms with E-state index in [0.29, 0.717) is 0 Å². The highest BCUT2D eigenvalue weighted by molar-refractivity contribution is 5.93. The molecule has 0 fully saturated rings. The predicted octanol–water partition coefficient (Wildman–Crippen LogP) is 2.41. The summed E-state index contributed by atoms with van der Waals surface area (Å²) >= 11 is 0. The molecule has 1 aliphatic carbocycles. The Morgan fingerprint density at radius 3 is 2.47 bits per heavy atom. The third-order valence-corrected chi connectivity index (χ3v) is 4.00. The van der Waals surface area contributed by atoms with Gasteiger partial charge in [0, 0.05) is 0 Å². The summed E-state index contributed by atoms with van der Waals surface area (Å²) in [5.41, 5.74) is 0.0445. The Balaban J connectivity index is 1.98. The van der Waals surface area contributed by atoms with Crippen molar-refractivity contribution in [2.45, 2.75) is 58.2 Å². The van der Waals surface area contributed by atoms with Gasteiger partial charge in [0.1, 0.15) is 12.2 Å². The Kier molecular flexibility index (Phi) is 7.77. The molecule has 2 rings (SSSR count). The molecule has 162 valence electrons. The zero-order valence-electron chi connectivity index (χ0n) is 17.5. The highest BCUT2D eigenvalue weighted by atomic mass is 16.6. The van der Waals surface area contributed by atoms with Crippen LogP contribution in [-0.2, 0) is 30.4 Å². The van der Waals surface area contributed by atoms with Gasteiger partial charge in [-0.2, -0.15) is 0 Å². The van der Waals surface area contributed by atoms with E-state index in [9.17, 15) is 19.5 Å². The number of hydrogen-bond acceptors (Lipinski definition) is 7. The van der Waals surface area contributed by atoms with E-state index in [1.807, 2.05) is 18.2 Å². The second kappa shape index (κ2) is 10.1. The van der Waals surface area contributed by atoms with Gasteiger partial charge in [-0.25, -0.2) is 14.4 Å². The highest BCUT2D eigenvalue weighted by Crippen LogP contribution is 2.18. The van der Waals surface area contributed by atoms with Crippen LogP contribution in [-0.4, -0.2) is 47.0 Å². The summed E-state index contributed by atoms with van der Waals surface area (Å²) in [5.74, 6) is -1.56. The van der Waals surface area contributed by atoms with E-state index in [1.165, 1.54) is 25.2 Å². The lowest BCUT2D eigenvalue weighted by molar-refractivity contribution is -0.173. The molecule has 0 saturated heterocycles. The Morgan fingerprint density at radius 2 is 1.83 bits per heavy atom. The largest absolute Gasteiger partial charge is 0.457 e. The molecule has 1 aromatic rings. The van der Waals surface area contributed by atoms with Crippen LogP contribution in [0.1, 0.15) is 33.3 Å². The molecule has 0 saturated carbocycles. The normalized spacial score (nSPS) is 19.3. The second-order valence-electron chi connectivity index (χ2n) is 7.76. The maximum absolute atomic E-state index is 12.6. The number of rotatable bonds is 6. The minimum atomic E-state index is -1.17. The molecule has 0 spiro atoms. The topological polar surface area (TPSA) is 111 Å². The summed E-state index contributed by atoms with van der Waals surface area (Å²) < 4.78 is 15.5. The molecular formula is C22H27NO7. The van der Waals surface area contributed by atoms with Crippen molar-refractivity contribution in [3.05, 3.63) is 59.7 Å². The summed E-state index contributed by atoms with van der Waals surface area (Å²) in [6.07, 6.45) is 1.14. The quantitative estimate of drug-likeness (QED) is 0.540. The summed E-state index contributed by atoms with van der Waals surface area (Å²) in [6.45, 7) is 6.52. The molecule has 8 nitrogen and oxygen atoms in total. The van der Waals surface area contributed by atoms with Crippen molar-refractivity contribution in [1.82, 2.24) is 5.32 Å². The van der Waals surface area contributed by atoms with Crippen LogP contribution in [0.3, 0.4) is 0 Å². The number of amides is 1. The number of ether oxygens (including phenoxy) is 3. The van der Waals surface area contributed by atoms with Crippen LogP contribution in [0, 0.1) is 0 Å². The average molecular weight is 417 g/mol. The number of allylic oxidation sites excluding steroid dienone is 2. The molecule has 30 heavy (non-hydrogen) atoms. The maximum Gasteiger partial charge on any atom is 0.408 e. The summed E-state index contributed by atoms with van der Waals surface area (Å²) in [6, 6.07) is 7.98. The molecule has 0 heterocycles. The first-order chi connectivity index (χ1) is 14.1. The van der Waals surface area contributed by atoms with Gasteiger partial charge >= 0.3 is 18.0 Å². The Bertz CT molecular complexity index is 824. The lowest BCUT2D eigenvalue weighted by Gasteiger charge is -2.27. The van der Waals surface area contributed by atoms with E-state index in [1.54, 1.807) is 32.9 Å². The van der Waals surface area contributed by atoms with Gasteiger partial charge in [0.25, 0.3) is 0 Å². The third kappa shape index (κ3) is 7.04. The molecule has 0 aromatic heterocycles. The van der Waals surface area contributed by atoms with Gasteiger partial charge in [-0.3, -0.25) is 0 Å². The lowest BCUT2D eigenvalue weighted by atomic mass is 9.96. The molecule has 1 amide bonds. The Morgan fingerprint density at radius 1 is 1.17 bits per heavy atom. The van der Waals surface area contributed by atoms with E-state index >= 15 is 0 Å². The van der Waals surface area contributed by atoms with Gasteiger partial charge in [0.15, 0.2) is 6.10 Å².